The standard InChI is InChI=1S/C13H16N2O2S/c16-12-7-6-10(8-14-12)15-13(17)9-18-11-4-2-1-3-5-11/h1-5,10H,6-9H2,(H,14,16)(H,15,17). The maximum absolute atomic E-state index is 11.7. The van der Waals surface area contributed by atoms with Crippen LogP contribution < -0.4 is 10.6 Å². The molecular weight excluding hydrogens is 248 g/mol. The molecule has 2 N–H and O–H groups in total. The highest BCUT2D eigenvalue weighted by Gasteiger charge is 2.19. The molecule has 18 heavy (non-hydrogen) atoms. The number of rotatable bonds is 4. The number of piperidine rings is 1. The highest BCUT2D eigenvalue weighted by Crippen LogP contribution is 2.16. The Kier molecular flexibility index (Phi) is 4.64. The van der Waals surface area contributed by atoms with Crippen LogP contribution in [0.2, 0.25) is 0 Å². The Labute approximate surface area is 111 Å². The summed E-state index contributed by atoms with van der Waals surface area (Å²) >= 11 is 1.52. The minimum absolute atomic E-state index is 0.0185. The van der Waals surface area contributed by atoms with E-state index in [9.17, 15) is 9.59 Å². The molecule has 1 aliphatic rings. The monoisotopic (exact) mass is 264 g/mol. The van der Waals surface area contributed by atoms with E-state index in [1.807, 2.05) is 30.3 Å². The van der Waals surface area contributed by atoms with Crippen LogP contribution >= 0.6 is 11.8 Å². The molecule has 2 amide bonds. The third-order valence-electron chi connectivity index (χ3n) is 2.74. The molecule has 1 saturated heterocycles. The topological polar surface area (TPSA) is 58.2 Å². The Morgan fingerprint density at radius 3 is 2.83 bits per heavy atom. The van der Waals surface area contributed by atoms with Gasteiger partial charge in [0, 0.05) is 23.9 Å². The van der Waals surface area contributed by atoms with Crippen molar-refractivity contribution in [2.45, 2.75) is 23.8 Å². The molecule has 1 unspecified atom stereocenters. The first-order valence-electron chi connectivity index (χ1n) is 5.98. The van der Waals surface area contributed by atoms with Crippen molar-refractivity contribution in [3.8, 4) is 0 Å². The Hall–Kier alpha value is -1.49. The first-order chi connectivity index (χ1) is 8.74. The fourth-order valence-corrected chi connectivity index (χ4v) is 2.52. The number of benzene rings is 1. The van der Waals surface area contributed by atoms with Gasteiger partial charge in [-0.05, 0) is 18.6 Å². The summed E-state index contributed by atoms with van der Waals surface area (Å²) in [4.78, 5) is 23.8. The summed E-state index contributed by atoms with van der Waals surface area (Å²) in [6.07, 6.45) is 1.23. The molecule has 1 atom stereocenters. The van der Waals surface area contributed by atoms with Crippen molar-refractivity contribution < 1.29 is 9.59 Å². The first-order valence-corrected chi connectivity index (χ1v) is 6.96. The number of hydrogen-bond donors (Lipinski definition) is 2. The van der Waals surface area contributed by atoms with Crippen LogP contribution in [-0.4, -0.2) is 30.2 Å². The van der Waals surface area contributed by atoms with E-state index >= 15 is 0 Å². The van der Waals surface area contributed by atoms with E-state index in [4.69, 9.17) is 0 Å². The summed E-state index contributed by atoms with van der Waals surface area (Å²) in [5.41, 5.74) is 0. The average Bonchev–Trinajstić information content (AvgIpc) is 2.40. The molecule has 96 valence electrons. The molecule has 0 radical (unpaired) electrons. The smallest absolute Gasteiger partial charge is 0.230 e. The summed E-state index contributed by atoms with van der Waals surface area (Å²) in [6, 6.07) is 9.91. The van der Waals surface area contributed by atoms with Gasteiger partial charge in [-0.3, -0.25) is 9.59 Å². The van der Waals surface area contributed by atoms with Gasteiger partial charge in [0.1, 0.15) is 0 Å². The third-order valence-corrected chi connectivity index (χ3v) is 3.76. The molecule has 1 aliphatic heterocycles. The van der Waals surface area contributed by atoms with Gasteiger partial charge in [-0.1, -0.05) is 18.2 Å². The van der Waals surface area contributed by atoms with Crippen LogP contribution in [0.3, 0.4) is 0 Å². The molecular formula is C13H16N2O2S. The lowest BCUT2D eigenvalue weighted by molar-refractivity contribution is -0.124. The van der Waals surface area contributed by atoms with E-state index in [0.717, 1.165) is 11.3 Å². The normalized spacial score (nSPS) is 19.1. The van der Waals surface area contributed by atoms with Crippen LogP contribution in [0.5, 0.6) is 0 Å². The Morgan fingerprint density at radius 2 is 2.17 bits per heavy atom. The van der Waals surface area contributed by atoms with E-state index in [-0.39, 0.29) is 17.9 Å². The van der Waals surface area contributed by atoms with Gasteiger partial charge >= 0.3 is 0 Å². The van der Waals surface area contributed by atoms with Gasteiger partial charge in [0.05, 0.1) is 5.75 Å². The van der Waals surface area contributed by atoms with E-state index in [1.165, 1.54) is 11.8 Å². The summed E-state index contributed by atoms with van der Waals surface area (Å²) in [5, 5.41) is 5.69. The number of amides is 2. The van der Waals surface area contributed by atoms with E-state index in [2.05, 4.69) is 10.6 Å². The van der Waals surface area contributed by atoms with Crippen molar-refractivity contribution in [2.75, 3.05) is 12.3 Å². The number of carbonyl (C=O) groups excluding carboxylic acids is 2. The molecule has 1 fully saturated rings. The molecule has 4 nitrogen and oxygen atoms in total. The molecule has 0 aromatic heterocycles. The largest absolute Gasteiger partial charge is 0.354 e. The van der Waals surface area contributed by atoms with Crippen molar-refractivity contribution >= 4 is 23.6 Å². The van der Waals surface area contributed by atoms with Crippen LogP contribution in [0.4, 0.5) is 0 Å². The summed E-state index contributed by atoms with van der Waals surface area (Å²) in [7, 11) is 0. The molecule has 5 heteroatoms. The van der Waals surface area contributed by atoms with Crippen molar-refractivity contribution in [3.05, 3.63) is 30.3 Å². The zero-order valence-corrected chi connectivity index (χ0v) is 10.8. The number of nitrogens with one attached hydrogen (secondary N) is 2. The van der Waals surface area contributed by atoms with Gasteiger partial charge in [0.15, 0.2) is 0 Å². The fourth-order valence-electron chi connectivity index (χ4n) is 1.79. The second-order valence-electron chi connectivity index (χ2n) is 4.21. The molecule has 1 aromatic carbocycles. The van der Waals surface area contributed by atoms with Gasteiger partial charge in [0.25, 0.3) is 0 Å². The van der Waals surface area contributed by atoms with Crippen LogP contribution in [0.1, 0.15) is 12.8 Å². The van der Waals surface area contributed by atoms with Gasteiger partial charge in [-0.15, -0.1) is 11.8 Å². The SMILES string of the molecule is O=C1CCC(NC(=O)CSc2ccccc2)CN1. The number of thioether (sulfide) groups is 1. The first kappa shape index (κ1) is 13.0. The fraction of sp³-hybridized carbons (Fsp3) is 0.385. The zero-order valence-electron chi connectivity index (χ0n) is 10.0. The lowest BCUT2D eigenvalue weighted by Gasteiger charge is -2.23. The van der Waals surface area contributed by atoms with E-state index < -0.39 is 0 Å². The molecule has 0 aliphatic carbocycles. The Balaban J connectivity index is 1.71. The van der Waals surface area contributed by atoms with Gasteiger partial charge in [-0.2, -0.15) is 0 Å². The van der Waals surface area contributed by atoms with Crippen LogP contribution in [-0.2, 0) is 9.59 Å². The van der Waals surface area contributed by atoms with E-state index in [0.29, 0.717) is 18.7 Å². The van der Waals surface area contributed by atoms with Crippen molar-refractivity contribution in [1.82, 2.24) is 10.6 Å². The minimum Gasteiger partial charge on any atom is -0.354 e. The predicted molar refractivity (Wildman–Crippen MR) is 71.3 cm³/mol. The zero-order chi connectivity index (χ0) is 12.8. The summed E-state index contributed by atoms with van der Waals surface area (Å²) < 4.78 is 0. The molecule has 0 saturated carbocycles. The van der Waals surface area contributed by atoms with Crippen LogP contribution in [0, 0.1) is 0 Å². The van der Waals surface area contributed by atoms with Gasteiger partial charge in [0.2, 0.25) is 11.8 Å². The Morgan fingerprint density at radius 1 is 1.39 bits per heavy atom. The highest BCUT2D eigenvalue weighted by molar-refractivity contribution is 8.00. The van der Waals surface area contributed by atoms with Crippen LogP contribution in [0.15, 0.2) is 35.2 Å². The maximum atomic E-state index is 11.7. The lowest BCUT2D eigenvalue weighted by atomic mass is 10.1. The Bertz CT molecular complexity index is 412. The van der Waals surface area contributed by atoms with Gasteiger partial charge in [-0.25, -0.2) is 0 Å². The van der Waals surface area contributed by atoms with Crippen molar-refractivity contribution in [3.63, 3.8) is 0 Å². The molecule has 0 bridgehead atoms. The highest BCUT2D eigenvalue weighted by atomic mass is 32.2. The van der Waals surface area contributed by atoms with Gasteiger partial charge < -0.3 is 10.6 Å². The minimum atomic E-state index is 0.0185. The molecule has 1 aromatic rings. The third kappa shape index (κ3) is 4.07. The average molecular weight is 264 g/mol. The van der Waals surface area contributed by atoms with E-state index in [1.54, 1.807) is 0 Å². The van der Waals surface area contributed by atoms with Crippen molar-refractivity contribution in [1.29, 1.82) is 0 Å². The molecule has 1 heterocycles. The predicted octanol–water partition coefficient (Wildman–Crippen LogP) is 1.17. The summed E-state index contributed by atoms with van der Waals surface area (Å²) in [5.74, 6) is 0.498. The molecule has 2 rings (SSSR count). The second-order valence-corrected chi connectivity index (χ2v) is 5.26. The molecule has 0 spiro atoms. The quantitative estimate of drug-likeness (QED) is 0.803. The number of hydrogen-bond acceptors (Lipinski definition) is 3. The second kappa shape index (κ2) is 6.44. The summed E-state index contributed by atoms with van der Waals surface area (Å²) in [6.45, 7) is 0.542. The van der Waals surface area contributed by atoms with Crippen LogP contribution in [0.25, 0.3) is 0 Å². The van der Waals surface area contributed by atoms with Crippen molar-refractivity contribution in [2.24, 2.45) is 0 Å². The number of carbonyl (C=O) groups is 2. The lowest BCUT2D eigenvalue weighted by Crippen LogP contribution is -2.48. The maximum Gasteiger partial charge on any atom is 0.230 e.